The molecule has 0 atom stereocenters. The number of amidine groups is 1. The summed E-state index contributed by atoms with van der Waals surface area (Å²) >= 11 is 1.31. The maximum atomic E-state index is 13.5. The Morgan fingerprint density at radius 2 is 1.50 bits per heavy atom. The molecule has 1 aliphatic rings. The third-order valence-electron chi connectivity index (χ3n) is 5.20. The van der Waals surface area contributed by atoms with Crippen molar-refractivity contribution in [3.63, 3.8) is 0 Å². The molecule has 1 amide bonds. The number of anilines is 1. The number of aromatic nitrogens is 1. The number of non-ortho nitro benzene ring substituents is 1. The summed E-state index contributed by atoms with van der Waals surface area (Å²) in [6.45, 7) is 0. The van der Waals surface area contributed by atoms with Crippen LogP contribution in [0.3, 0.4) is 0 Å². The first-order chi connectivity index (χ1) is 16.6. The second-order valence-electron chi connectivity index (χ2n) is 7.39. The number of thioether (sulfide) groups is 1. The van der Waals surface area contributed by atoms with Crippen LogP contribution in [0.25, 0.3) is 11.8 Å². The van der Waals surface area contributed by atoms with E-state index in [0.29, 0.717) is 10.1 Å². The fraction of sp³-hybridized carbons (Fsp3) is 0. The van der Waals surface area contributed by atoms with Crippen molar-refractivity contribution in [1.82, 2.24) is 4.57 Å². The summed E-state index contributed by atoms with van der Waals surface area (Å²) in [4.78, 5) is 30.9. The van der Waals surface area contributed by atoms with Crippen LogP contribution in [0.15, 0.2) is 113 Å². The molecule has 0 spiro atoms. The molecule has 166 valence electrons. The van der Waals surface area contributed by atoms with Crippen LogP contribution in [-0.2, 0) is 4.79 Å². The van der Waals surface area contributed by atoms with Gasteiger partial charge in [0, 0.05) is 29.7 Å². The number of aliphatic imine (C=N–C) groups is 1. The number of nitro groups is 1. The average molecular weight is 467 g/mol. The molecule has 0 unspecified atom stereocenters. The smallest absolute Gasteiger partial charge is 0.271 e. The zero-order valence-corrected chi connectivity index (χ0v) is 18.6. The van der Waals surface area contributed by atoms with Crippen molar-refractivity contribution < 1.29 is 9.72 Å². The molecule has 8 heteroatoms. The van der Waals surface area contributed by atoms with Gasteiger partial charge in [-0.2, -0.15) is 0 Å². The van der Waals surface area contributed by atoms with Gasteiger partial charge in [-0.25, -0.2) is 4.99 Å². The second kappa shape index (κ2) is 9.21. The quantitative estimate of drug-likeness (QED) is 0.199. The minimum Gasteiger partial charge on any atom is -0.317 e. The van der Waals surface area contributed by atoms with E-state index < -0.39 is 4.92 Å². The number of rotatable bonds is 5. The third kappa shape index (κ3) is 4.26. The Labute approximate surface area is 199 Å². The summed E-state index contributed by atoms with van der Waals surface area (Å²) in [5, 5.41) is 11.5. The van der Waals surface area contributed by atoms with Crippen LogP contribution in [0, 0.1) is 10.1 Å². The highest BCUT2D eigenvalue weighted by Gasteiger charge is 2.34. The topological polar surface area (TPSA) is 80.7 Å². The van der Waals surface area contributed by atoms with E-state index in [-0.39, 0.29) is 11.6 Å². The lowest BCUT2D eigenvalue weighted by molar-refractivity contribution is -0.384. The SMILES string of the molecule is O=C1/C(=C\c2cccn2-c2ccc([N+](=O)[O-])cc2)SC(=Nc2ccccc2)N1c1ccccc1. The molecule has 1 aliphatic heterocycles. The van der Waals surface area contributed by atoms with Gasteiger partial charge in [0.1, 0.15) is 0 Å². The van der Waals surface area contributed by atoms with E-state index in [0.717, 1.165) is 22.8 Å². The van der Waals surface area contributed by atoms with E-state index in [1.54, 1.807) is 17.0 Å². The maximum Gasteiger partial charge on any atom is 0.271 e. The average Bonchev–Trinajstić information content (AvgIpc) is 3.45. The van der Waals surface area contributed by atoms with Gasteiger partial charge >= 0.3 is 0 Å². The van der Waals surface area contributed by atoms with Crippen LogP contribution in [0.5, 0.6) is 0 Å². The summed E-state index contributed by atoms with van der Waals surface area (Å²) in [6, 6.07) is 29.0. The Kier molecular flexibility index (Phi) is 5.80. The second-order valence-corrected chi connectivity index (χ2v) is 8.40. The Morgan fingerprint density at radius 1 is 0.824 bits per heavy atom. The van der Waals surface area contributed by atoms with Gasteiger partial charge in [0.25, 0.3) is 11.6 Å². The van der Waals surface area contributed by atoms with Gasteiger partial charge in [-0.1, -0.05) is 36.4 Å². The van der Waals surface area contributed by atoms with Crippen molar-refractivity contribution in [3.8, 4) is 5.69 Å². The number of nitrogens with zero attached hydrogens (tertiary/aromatic N) is 4. The molecule has 1 fully saturated rings. The van der Waals surface area contributed by atoms with Crippen molar-refractivity contribution in [2.24, 2.45) is 4.99 Å². The van der Waals surface area contributed by atoms with Gasteiger partial charge in [-0.15, -0.1) is 0 Å². The van der Waals surface area contributed by atoms with Crippen molar-refractivity contribution in [2.45, 2.75) is 0 Å². The Hall–Kier alpha value is -4.43. The molecule has 0 radical (unpaired) electrons. The van der Waals surface area contributed by atoms with Gasteiger partial charge < -0.3 is 4.57 Å². The minimum absolute atomic E-state index is 0.0256. The monoisotopic (exact) mass is 466 g/mol. The van der Waals surface area contributed by atoms with E-state index in [1.807, 2.05) is 89.6 Å². The zero-order valence-electron chi connectivity index (χ0n) is 17.8. The van der Waals surface area contributed by atoms with Crippen molar-refractivity contribution in [3.05, 3.63) is 124 Å². The standard InChI is InChI=1S/C26H18N4O3S/c31-25-24(18-23-12-7-17-28(23)20-13-15-22(16-14-20)30(32)33)34-26(27-19-8-3-1-4-9-19)29(25)21-10-5-2-6-11-21/h1-18H/b24-18+,27-26?. The van der Waals surface area contributed by atoms with E-state index in [4.69, 9.17) is 4.99 Å². The summed E-state index contributed by atoms with van der Waals surface area (Å²) in [6.07, 6.45) is 3.67. The first-order valence-corrected chi connectivity index (χ1v) is 11.3. The number of para-hydroxylation sites is 2. The number of hydrogen-bond acceptors (Lipinski definition) is 5. The summed E-state index contributed by atoms with van der Waals surface area (Å²) in [5.41, 5.74) is 3.06. The van der Waals surface area contributed by atoms with Crippen LogP contribution in [-0.4, -0.2) is 20.6 Å². The Balaban J connectivity index is 1.53. The van der Waals surface area contributed by atoms with Crippen LogP contribution < -0.4 is 4.90 Å². The maximum absolute atomic E-state index is 13.5. The number of benzene rings is 3. The largest absolute Gasteiger partial charge is 0.317 e. The Bertz CT molecular complexity index is 1410. The molecule has 0 N–H and O–H groups in total. The fourth-order valence-corrected chi connectivity index (χ4v) is 4.57. The highest BCUT2D eigenvalue weighted by Crippen LogP contribution is 2.37. The van der Waals surface area contributed by atoms with Crippen LogP contribution in [0.1, 0.15) is 5.69 Å². The number of carbonyl (C=O) groups excluding carboxylic acids is 1. The van der Waals surface area contributed by atoms with Gasteiger partial charge in [0.15, 0.2) is 5.17 Å². The molecule has 1 saturated heterocycles. The third-order valence-corrected chi connectivity index (χ3v) is 6.17. The molecule has 1 aromatic heterocycles. The molecular formula is C26H18N4O3S. The molecule has 3 aromatic carbocycles. The molecule has 2 heterocycles. The highest BCUT2D eigenvalue weighted by molar-refractivity contribution is 8.19. The summed E-state index contributed by atoms with van der Waals surface area (Å²) in [7, 11) is 0. The van der Waals surface area contributed by atoms with Gasteiger partial charge in [-0.05, 0) is 66.4 Å². The van der Waals surface area contributed by atoms with Crippen molar-refractivity contribution in [2.75, 3.05) is 4.90 Å². The lowest BCUT2D eigenvalue weighted by Gasteiger charge is -2.15. The summed E-state index contributed by atoms with van der Waals surface area (Å²) < 4.78 is 1.88. The predicted octanol–water partition coefficient (Wildman–Crippen LogP) is 6.19. The molecular weight excluding hydrogens is 448 g/mol. The van der Waals surface area contributed by atoms with E-state index in [9.17, 15) is 14.9 Å². The number of amides is 1. The molecule has 0 saturated carbocycles. The lowest BCUT2D eigenvalue weighted by atomic mass is 10.2. The number of carbonyl (C=O) groups is 1. The molecule has 0 bridgehead atoms. The van der Waals surface area contributed by atoms with Gasteiger partial charge in [0.2, 0.25) is 0 Å². The molecule has 5 rings (SSSR count). The van der Waals surface area contributed by atoms with Gasteiger partial charge in [-0.3, -0.25) is 19.8 Å². The first kappa shape index (κ1) is 21.4. The first-order valence-electron chi connectivity index (χ1n) is 10.5. The van der Waals surface area contributed by atoms with Crippen LogP contribution in [0.2, 0.25) is 0 Å². The van der Waals surface area contributed by atoms with Crippen LogP contribution >= 0.6 is 11.8 Å². The molecule has 7 nitrogen and oxygen atoms in total. The van der Waals surface area contributed by atoms with E-state index in [1.165, 1.54) is 23.9 Å². The lowest BCUT2D eigenvalue weighted by Crippen LogP contribution is -2.28. The molecule has 0 aliphatic carbocycles. The number of nitro benzene ring substituents is 1. The normalized spacial score (nSPS) is 15.9. The minimum atomic E-state index is -0.429. The predicted molar refractivity (Wildman–Crippen MR) is 135 cm³/mol. The van der Waals surface area contributed by atoms with Gasteiger partial charge in [0.05, 0.1) is 21.2 Å². The van der Waals surface area contributed by atoms with E-state index in [2.05, 4.69) is 0 Å². The number of hydrogen-bond donors (Lipinski definition) is 0. The Morgan fingerprint density at radius 3 is 2.18 bits per heavy atom. The highest BCUT2D eigenvalue weighted by atomic mass is 32.2. The van der Waals surface area contributed by atoms with Crippen molar-refractivity contribution >= 4 is 46.0 Å². The van der Waals surface area contributed by atoms with E-state index >= 15 is 0 Å². The van der Waals surface area contributed by atoms with Crippen LogP contribution in [0.4, 0.5) is 17.1 Å². The molecule has 4 aromatic rings. The zero-order chi connectivity index (χ0) is 23.5. The van der Waals surface area contributed by atoms with Crippen molar-refractivity contribution in [1.29, 1.82) is 0 Å². The molecule has 34 heavy (non-hydrogen) atoms. The summed E-state index contributed by atoms with van der Waals surface area (Å²) in [5.74, 6) is -0.165. The fourth-order valence-electron chi connectivity index (χ4n) is 3.58.